The van der Waals surface area contributed by atoms with E-state index in [9.17, 15) is 4.79 Å². The minimum atomic E-state index is -0.0950. The summed E-state index contributed by atoms with van der Waals surface area (Å²) in [6.07, 6.45) is 2.13. The van der Waals surface area contributed by atoms with Crippen molar-refractivity contribution in [1.29, 1.82) is 0 Å². The number of nitrogens with zero attached hydrogens (tertiary/aromatic N) is 1. The Labute approximate surface area is 114 Å². The van der Waals surface area contributed by atoms with Gasteiger partial charge in [0, 0.05) is 31.4 Å². The third-order valence-electron chi connectivity index (χ3n) is 4.02. The molecular formula is C15H21N3O. The zero-order valence-corrected chi connectivity index (χ0v) is 11.4. The number of piperazine rings is 1. The first-order chi connectivity index (χ1) is 9.25. The quantitative estimate of drug-likeness (QED) is 0.788. The van der Waals surface area contributed by atoms with E-state index in [4.69, 9.17) is 0 Å². The van der Waals surface area contributed by atoms with Gasteiger partial charge in [-0.1, -0.05) is 18.2 Å². The van der Waals surface area contributed by atoms with Gasteiger partial charge in [0.1, 0.15) is 0 Å². The van der Waals surface area contributed by atoms with Crippen LogP contribution in [0.1, 0.15) is 18.9 Å². The van der Waals surface area contributed by atoms with E-state index in [1.165, 1.54) is 5.56 Å². The molecule has 2 heterocycles. The Morgan fingerprint density at radius 2 is 2.11 bits per heavy atom. The fourth-order valence-corrected chi connectivity index (χ4v) is 2.91. The van der Waals surface area contributed by atoms with Gasteiger partial charge in [-0.15, -0.1) is 0 Å². The molecule has 2 aliphatic heterocycles. The first-order valence-electron chi connectivity index (χ1n) is 7.12. The summed E-state index contributed by atoms with van der Waals surface area (Å²) >= 11 is 0. The predicted octanol–water partition coefficient (Wildman–Crippen LogP) is 0.916. The maximum atomic E-state index is 12.6. The number of aryl methyl sites for hydroxylation is 1. The van der Waals surface area contributed by atoms with E-state index in [1.54, 1.807) is 0 Å². The maximum absolute atomic E-state index is 12.6. The molecule has 3 rings (SSSR count). The van der Waals surface area contributed by atoms with Gasteiger partial charge in [0.05, 0.1) is 6.04 Å². The van der Waals surface area contributed by atoms with Crippen LogP contribution in [0.15, 0.2) is 24.3 Å². The first-order valence-corrected chi connectivity index (χ1v) is 7.12. The van der Waals surface area contributed by atoms with E-state index in [1.807, 2.05) is 11.0 Å². The lowest BCUT2D eigenvalue weighted by molar-refractivity contribution is -0.121. The summed E-state index contributed by atoms with van der Waals surface area (Å²) in [5.41, 5.74) is 2.39. The molecule has 2 aliphatic rings. The molecule has 0 spiro atoms. The number of para-hydroxylation sites is 1. The molecule has 102 valence electrons. The molecule has 1 fully saturated rings. The van der Waals surface area contributed by atoms with Gasteiger partial charge in [0.25, 0.3) is 0 Å². The van der Waals surface area contributed by atoms with Gasteiger partial charge in [-0.3, -0.25) is 4.79 Å². The van der Waals surface area contributed by atoms with Crippen molar-refractivity contribution in [3.8, 4) is 0 Å². The second-order valence-electron chi connectivity index (χ2n) is 5.49. The Bertz CT molecular complexity index is 466. The van der Waals surface area contributed by atoms with Crippen molar-refractivity contribution in [3.63, 3.8) is 0 Å². The Morgan fingerprint density at radius 1 is 1.26 bits per heavy atom. The van der Waals surface area contributed by atoms with Gasteiger partial charge < -0.3 is 15.5 Å². The molecule has 0 bridgehead atoms. The summed E-state index contributed by atoms with van der Waals surface area (Å²) in [5, 5.41) is 6.71. The highest BCUT2D eigenvalue weighted by Crippen LogP contribution is 2.27. The van der Waals surface area contributed by atoms with Crippen molar-refractivity contribution in [2.45, 2.75) is 31.8 Å². The summed E-state index contributed by atoms with van der Waals surface area (Å²) in [7, 11) is 0. The van der Waals surface area contributed by atoms with Gasteiger partial charge in [-0.05, 0) is 31.4 Å². The number of anilines is 1. The number of hydrogen-bond donors (Lipinski definition) is 2. The zero-order valence-electron chi connectivity index (χ0n) is 11.4. The zero-order chi connectivity index (χ0) is 13.2. The van der Waals surface area contributed by atoms with Gasteiger partial charge in [-0.25, -0.2) is 0 Å². The highest BCUT2D eigenvalue weighted by molar-refractivity contribution is 5.98. The number of rotatable bonds is 1. The van der Waals surface area contributed by atoms with E-state index in [0.29, 0.717) is 6.04 Å². The lowest BCUT2D eigenvalue weighted by atomic mass is 10.0. The van der Waals surface area contributed by atoms with Gasteiger partial charge >= 0.3 is 0 Å². The third-order valence-corrected chi connectivity index (χ3v) is 4.02. The second kappa shape index (κ2) is 5.31. The Kier molecular flexibility index (Phi) is 3.53. The monoisotopic (exact) mass is 259 g/mol. The Hall–Kier alpha value is -1.39. The van der Waals surface area contributed by atoms with Crippen LogP contribution in [0.2, 0.25) is 0 Å². The maximum Gasteiger partial charge on any atom is 0.245 e. The van der Waals surface area contributed by atoms with Gasteiger partial charge in [-0.2, -0.15) is 0 Å². The average Bonchev–Trinajstić information content (AvgIpc) is 2.47. The van der Waals surface area contributed by atoms with E-state index < -0.39 is 0 Å². The molecule has 1 aromatic carbocycles. The summed E-state index contributed by atoms with van der Waals surface area (Å²) in [6, 6.07) is 8.60. The topological polar surface area (TPSA) is 44.4 Å². The Morgan fingerprint density at radius 3 is 2.89 bits per heavy atom. The predicted molar refractivity (Wildman–Crippen MR) is 76.4 cm³/mol. The molecule has 2 N–H and O–H groups in total. The van der Waals surface area contributed by atoms with Crippen LogP contribution in [-0.4, -0.2) is 37.6 Å². The SMILES string of the molecule is CC1CNC(C(=O)N2CCCc3ccccc32)CN1. The number of benzene rings is 1. The molecule has 0 aromatic heterocycles. The molecule has 0 radical (unpaired) electrons. The number of nitrogens with one attached hydrogen (secondary N) is 2. The van der Waals surface area contributed by atoms with Crippen LogP contribution < -0.4 is 15.5 Å². The third kappa shape index (κ3) is 2.51. The first kappa shape index (κ1) is 12.6. The van der Waals surface area contributed by atoms with Crippen LogP contribution in [0.25, 0.3) is 0 Å². The minimum Gasteiger partial charge on any atom is -0.311 e. The summed E-state index contributed by atoms with van der Waals surface area (Å²) < 4.78 is 0. The van der Waals surface area contributed by atoms with Crippen LogP contribution in [-0.2, 0) is 11.2 Å². The van der Waals surface area contributed by atoms with Crippen molar-refractivity contribution in [2.75, 3.05) is 24.5 Å². The van der Waals surface area contributed by atoms with Crippen LogP contribution in [0.4, 0.5) is 5.69 Å². The van der Waals surface area contributed by atoms with Crippen molar-refractivity contribution >= 4 is 11.6 Å². The number of hydrogen-bond acceptors (Lipinski definition) is 3. The van der Waals surface area contributed by atoms with Gasteiger partial charge in [0.2, 0.25) is 5.91 Å². The smallest absolute Gasteiger partial charge is 0.245 e. The largest absolute Gasteiger partial charge is 0.311 e. The van der Waals surface area contributed by atoms with Crippen LogP contribution in [0.3, 0.4) is 0 Å². The van der Waals surface area contributed by atoms with Crippen LogP contribution >= 0.6 is 0 Å². The minimum absolute atomic E-state index is 0.0950. The Balaban J connectivity index is 1.78. The average molecular weight is 259 g/mol. The lowest BCUT2D eigenvalue weighted by Crippen LogP contribution is -2.60. The van der Waals surface area contributed by atoms with Crippen molar-refractivity contribution < 1.29 is 4.79 Å². The van der Waals surface area contributed by atoms with Crippen LogP contribution in [0.5, 0.6) is 0 Å². The molecule has 19 heavy (non-hydrogen) atoms. The number of carbonyl (C=O) groups excluding carboxylic acids is 1. The number of amides is 1. The van der Waals surface area contributed by atoms with E-state index in [-0.39, 0.29) is 11.9 Å². The van der Waals surface area contributed by atoms with E-state index in [0.717, 1.165) is 38.2 Å². The second-order valence-corrected chi connectivity index (χ2v) is 5.49. The summed E-state index contributed by atoms with van der Waals surface area (Å²) in [4.78, 5) is 14.6. The molecular weight excluding hydrogens is 238 g/mol. The molecule has 1 aromatic rings. The normalized spacial score (nSPS) is 26.9. The summed E-state index contributed by atoms with van der Waals surface area (Å²) in [6.45, 7) is 4.54. The van der Waals surface area contributed by atoms with E-state index in [2.05, 4.69) is 35.8 Å². The number of carbonyl (C=O) groups is 1. The molecule has 0 saturated carbocycles. The highest BCUT2D eigenvalue weighted by Gasteiger charge is 2.30. The fraction of sp³-hybridized carbons (Fsp3) is 0.533. The van der Waals surface area contributed by atoms with E-state index >= 15 is 0 Å². The van der Waals surface area contributed by atoms with Crippen molar-refractivity contribution in [3.05, 3.63) is 29.8 Å². The summed E-state index contributed by atoms with van der Waals surface area (Å²) in [5.74, 6) is 0.201. The number of fused-ring (bicyclic) bond motifs is 1. The van der Waals surface area contributed by atoms with Crippen molar-refractivity contribution in [1.82, 2.24) is 10.6 Å². The lowest BCUT2D eigenvalue weighted by Gasteiger charge is -2.35. The highest BCUT2D eigenvalue weighted by atomic mass is 16.2. The molecule has 1 saturated heterocycles. The van der Waals surface area contributed by atoms with Crippen LogP contribution in [0, 0.1) is 0 Å². The molecule has 4 nitrogen and oxygen atoms in total. The molecule has 1 amide bonds. The molecule has 4 heteroatoms. The van der Waals surface area contributed by atoms with Gasteiger partial charge in [0.15, 0.2) is 0 Å². The molecule has 0 aliphatic carbocycles. The fourth-order valence-electron chi connectivity index (χ4n) is 2.91. The van der Waals surface area contributed by atoms with Crippen molar-refractivity contribution in [2.24, 2.45) is 0 Å². The molecule has 2 atom stereocenters. The molecule has 2 unspecified atom stereocenters. The standard InChI is InChI=1S/C15H21N3O/c1-11-9-17-13(10-16-11)15(19)18-8-4-6-12-5-2-3-7-14(12)18/h2-3,5,7,11,13,16-17H,4,6,8-10H2,1H3.